The molecule has 2 fully saturated rings. The Morgan fingerprint density at radius 2 is 1.50 bits per heavy atom. The average molecular weight is 639 g/mol. The molecule has 6 N–H and O–H groups in total. The SMILES string of the molecule is C1=CC[N-]C(C2CCCC(C3CCCC[N-]3)[N-]2)=C1.CC(O)CC(C)O.O=[N+](O)O.O=[N+](O)O.[Dy+3]. The van der Waals surface area contributed by atoms with Gasteiger partial charge in [0.25, 0.3) is 0 Å². The van der Waals surface area contributed by atoms with Gasteiger partial charge in [0.05, 0.1) is 12.2 Å². The molecule has 0 aromatic heterocycles. The Morgan fingerprint density at radius 3 is 1.91 bits per heavy atom. The summed E-state index contributed by atoms with van der Waals surface area (Å²) in [4.78, 5) is 16.9. The van der Waals surface area contributed by atoms with Gasteiger partial charge in [0.15, 0.2) is 0 Å². The molecule has 1 radical (unpaired) electrons. The molecule has 3 aliphatic heterocycles. The summed E-state index contributed by atoms with van der Waals surface area (Å²) in [6.45, 7) is 5.20. The molecule has 199 valence electrons. The van der Waals surface area contributed by atoms with E-state index >= 15 is 0 Å². The van der Waals surface area contributed by atoms with Gasteiger partial charge in [0.2, 0.25) is 0 Å². The molecule has 3 heterocycles. The van der Waals surface area contributed by atoms with Gasteiger partial charge in [-0.05, 0) is 20.3 Å². The monoisotopic (exact) mass is 640 g/mol. The quantitative estimate of drug-likeness (QED) is 0.252. The minimum absolute atomic E-state index is 0. The van der Waals surface area contributed by atoms with E-state index in [1.165, 1.54) is 44.2 Å². The molecule has 0 spiro atoms. The zero-order valence-electron chi connectivity index (χ0n) is 19.5. The number of rotatable bonds is 4. The normalized spacial score (nSPS) is 24.8. The summed E-state index contributed by atoms with van der Waals surface area (Å²) in [6, 6.07) is 1.30. The summed E-state index contributed by atoms with van der Waals surface area (Å²) in [7, 11) is 0. The van der Waals surface area contributed by atoms with E-state index in [9.17, 15) is 0 Å². The molecule has 14 heteroatoms. The first kappa shape index (κ1) is 35.0. The van der Waals surface area contributed by atoms with E-state index in [-0.39, 0.29) is 50.4 Å². The van der Waals surface area contributed by atoms with E-state index in [2.05, 4.69) is 23.5 Å². The van der Waals surface area contributed by atoms with E-state index in [4.69, 9.17) is 51.5 Å². The summed E-state index contributed by atoms with van der Waals surface area (Å²) in [5.74, 6) is 0. The number of hydrogen-bond donors (Lipinski definition) is 6. The van der Waals surface area contributed by atoms with Crippen molar-refractivity contribution in [2.75, 3.05) is 13.1 Å². The van der Waals surface area contributed by atoms with Crippen LogP contribution in [-0.2, 0) is 0 Å². The topological polar surface area (TPSA) is 204 Å². The fraction of sp³-hybridized carbons (Fsp3) is 0.800. The molecule has 3 aliphatic rings. The third-order valence-corrected chi connectivity index (χ3v) is 4.87. The Morgan fingerprint density at radius 1 is 0.941 bits per heavy atom. The van der Waals surface area contributed by atoms with E-state index in [0.29, 0.717) is 24.5 Å². The number of piperidine rings is 2. The van der Waals surface area contributed by atoms with Crippen LogP contribution in [0.4, 0.5) is 0 Å². The molecule has 13 nitrogen and oxygen atoms in total. The second-order valence-corrected chi connectivity index (χ2v) is 7.93. The van der Waals surface area contributed by atoms with Gasteiger partial charge in [0, 0.05) is 0 Å². The molecular weight excluding hydrogens is 601 g/mol. The molecule has 0 aromatic rings. The molecule has 2 saturated heterocycles. The predicted molar refractivity (Wildman–Crippen MR) is 118 cm³/mol. The minimum atomic E-state index is -1.25. The molecule has 0 aromatic carbocycles. The Balaban J connectivity index is 0. The second kappa shape index (κ2) is 21.1. The number of hydrogen-bond acceptors (Lipinski definition) is 4. The Hall–Kier alpha value is -1.21. The molecule has 0 saturated carbocycles. The fourth-order valence-electron chi connectivity index (χ4n) is 3.69. The first-order chi connectivity index (χ1) is 15.5. The van der Waals surface area contributed by atoms with Crippen molar-refractivity contribution in [3.05, 3.63) is 49.7 Å². The molecule has 3 rings (SSSR count). The van der Waals surface area contributed by atoms with Gasteiger partial charge in [-0.3, -0.25) is 0 Å². The molecule has 0 amide bonds. The van der Waals surface area contributed by atoms with Gasteiger partial charge < -0.3 is 26.2 Å². The zero-order chi connectivity index (χ0) is 25.2. The summed E-state index contributed by atoms with van der Waals surface area (Å²) < 4.78 is 0. The Bertz CT molecular complexity index is 590. The Labute approximate surface area is 230 Å². The average Bonchev–Trinajstić information content (AvgIpc) is 2.74. The van der Waals surface area contributed by atoms with Crippen LogP contribution in [0.2, 0.25) is 0 Å². The van der Waals surface area contributed by atoms with E-state index in [1.807, 2.05) is 0 Å². The van der Waals surface area contributed by atoms with Crippen molar-refractivity contribution in [2.45, 2.75) is 89.1 Å². The van der Waals surface area contributed by atoms with Crippen LogP contribution < -0.4 is 0 Å². The van der Waals surface area contributed by atoms with Gasteiger partial charge in [-0.15, -0.1) is 25.2 Å². The fourth-order valence-corrected chi connectivity index (χ4v) is 3.69. The summed E-state index contributed by atoms with van der Waals surface area (Å²) in [5, 5.41) is 56.6. The van der Waals surface area contributed by atoms with Crippen LogP contribution in [-0.4, -0.2) is 84.6 Å². The molecule has 0 bridgehead atoms. The summed E-state index contributed by atoms with van der Waals surface area (Å²) >= 11 is 0. The molecular formula is C20H38DyN5O8+2. The van der Waals surface area contributed by atoms with Crippen molar-refractivity contribution >= 4 is 0 Å². The van der Waals surface area contributed by atoms with Gasteiger partial charge in [0.1, 0.15) is 9.81 Å². The third kappa shape index (κ3) is 20.2. The number of aliphatic hydroxyl groups excluding tert-OH is 2. The third-order valence-electron chi connectivity index (χ3n) is 4.87. The van der Waals surface area contributed by atoms with E-state index in [0.717, 1.165) is 13.1 Å². The van der Waals surface area contributed by atoms with Crippen molar-refractivity contribution in [1.82, 2.24) is 0 Å². The van der Waals surface area contributed by atoms with Crippen molar-refractivity contribution in [2.24, 2.45) is 0 Å². The standard InChI is InChI=1S/C15H22N3.C5H12O2.Dy.2H2NO3/c1-3-10-16-12(6-1)14-8-5-9-15(18-14)13-7-2-4-11-17-13;1-4(6)3-5(2)7;;2*2-1(3)4/h1,3,6,13-15H,2,4-5,7-11H2;4-7H,3H2,1-2H3;;2*(H2,2,3,4)/q-3;;+3;2*+1. The van der Waals surface area contributed by atoms with Gasteiger partial charge in [-0.25, -0.2) is 20.8 Å². The number of allylic oxidation sites excluding steroid dienone is 2. The smallest absolute Gasteiger partial charge is 0.686 e. The van der Waals surface area contributed by atoms with E-state index < -0.39 is 10.2 Å². The van der Waals surface area contributed by atoms with Crippen LogP contribution in [0.3, 0.4) is 0 Å². The van der Waals surface area contributed by atoms with Gasteiger partial charge in [-0.1, -0.05) is 50.7 Å². The van der Waals surface area contributed by atoms with Crippen molar-refractivity contribution < 1.29 is 79.4 Å². The first-order valence-corrected chi connectivity index (χ1v) is 11.0. The van der Waals surface area contributed by atoms with Crippen molar-refractivity contribution in [1.29, 1.82) is 0 Å². The predicted octanol–water partition coefficient (Wildman–Crippen LogP) is 3.26. The molecule has 5 atom stereocenters. The maximum absolute atomic E-state index is 8.56. The maximum Gasteiger partial charge on any atom is 3.00 e. The summed E-state index contributed by atoms with van der Waals surface area (Å²) in [5.41, 5.74) is 1.19. The van der Waals surface area contributed by atoms with Crippen LogP contribution >= 0.6 is 0 Å². The Kier molecular flexibility index (Phi) is 21.7. The maximum atomic E-state index is 8.56. The van der Waals surface area contributed by atoms with Gasteiger partial charge in [-0.2, -0.15) is 17.8 Å². The minimum Gasteiger partial charge on any atom is -0.686 e. The van der Waals surface area contributed by atoms with Crippen molar-refractivity contribution in [3.63, 3.8) is 0 Å². The number of aliphatic hydroxyl groups is 2. The first-order valence-electron chi connectivity index (χ1n) is 11.0. The molecule has 5 unspecified atom stereocenters. The van der Waals surface area contributed by atoms with E-state index in [1.54, 1.807) is 13.8 Å². The largest absolute Gasteiger partial charge is 3.00 e. The van der Waals surface area contributed by atoms with Crippen LogP contribution in [0.25, 0.3) is 16.0 Å². The van der Waals surface area contributed by atoms with Crippen LogP contribution in [0.5, 0.6) is 0 Å². The van der Waals surface area contributed by atoms with Gasteiger partial charge >= 0.3 is 48.3 Å². The van der Waals surface area contributed by atoms with Crippen LogP contribution in [0.1, 0.15) is 58.8 Å². The van der Waals surface area contributed by atoms with Crippen LogP contribution in [0.15, 0.2) is 23.9 Å². The number of nitrogens with zero attached hydrogens (tertiary/aromatic N) is 5. The zero-order valence-corrected chi connectivity index (χ0v) is 21.6. The molecule has 0 aliphatic carbocycles. The van der Waals surface area contributed by atoms with Crippen molar-refractivity contribution in [3.8, 4) is 0 Å². The summed E-state index contributed by atoms with van der Waals surface area (Å²) in [6.07, 6.45) is 13.6. The van der Waals surface area contributed by atoms with Crippen LogP contribution in [0, 0.1) is 48.0 Å². The molecule has 34 heavy (non-hydrogen) atoms. The second-order valence-electron chi connectivity index (χ2n) is 7.93.